The number of nitrogens with one attached hydrogen (secondary N) is 1. The van der Waals surface area contributed by atoms with Gasteiger partial charge in [0.25, 0.3) is 11.8 Å². The topological polar surface area (TPSA) is 128 Å². The summed E-state index contributed by atoms with van der Waals surface area (Å²) in [5.74, 6) is -1.10. The van der Waals surface area contributed by atoms with Crippen molar-refractivity contribution in [3.8, 4) is 17.2 Å². The lowest BCUT2D eigenvalue weighted by atomic mass is 10.1. The molecule has 0 unspecified atom stereocenters. The van der Waals surface area contributed by atoms with E-state index in [1.807, 2.05) is 13.8 Å². The molecular weight excluding hydrogens is 607 g/mol. The van der Waals surface area contributed by atoms with Gasteiger partial charge in [-0.05, 0) is 66.9 Å². The van der Waals surface area contributed by atoms with Gasteiger partial charge in [-0.1, -0.05) is 54.4 Å². The van der Waals surface area contributed by atoms with Crippen molar-refractivity contribution in [3.05, 3.63) is 87.4 Å². The number of rotatable bonds is 11. The van der Waals surface area contributed by atoms with E-state index in [2.05, 4.69) is 5.32 Å². The molecule has 0 atom stereocenters. The van der Waals surface area contributed by atoms with Crippen molar-refractivity contribution in [2.24, 2.45) is 0 Å². The summed E-state index contributed by atoms with van der Waals surface area (Å²) in [7, 11) is -4.24. The van der Waals surface area contributed by atoms with Crippen LogP contribution < -0.4 is 19.0 Å². The van der Waals surface area contributed by atoms with E-state index in [1.54, 1.807) is 24.3 Å². The average Bonchev–Trinajstić information content (AvgIpc) is 2.95. The Labute approximate surface area is 252 Å². The van der Waals surface area contributed by atoms with Gasteiger partial charge in [-0.25, -0.2) is 4.79 Å². The van der Waals surface area contributed by atoms with E-state index in [-0.39, 0.29) is 38.4 Å². The summed E-state index contributed by atoms with van der Waals surface area (Å²) in [6.45, 7) is 4.51. The predicted molar refractivity (Wildman–Crippen MR) is 156 cm³/mol. The number of benzene rings is 3. The molecule has 13 heteroatoms. The molecule has 1 aliphatic heterocycles. The Morgan fingerprint density at radius 3 is 2.24 bits per heavy atom. The van der Waals surface area contributed by atoms with Gasteiger partial charge in [0.1, 0.15) is 10.5 Å². The number of ether oxygens (including phenoxy) is 2. The maximum absolute atomic E-state index is 13.3. The van der Waals surface area contributed by atoms with Crippen LogP contribution >= 0.6 is 23.2 Å². The minimum Gasteiger partial charge on any atom is -0.490 e. The normalized spacial score (nSPS) is 14.6. The lowest BCUT2D eigenvalue weighted by Crippen LogP contribution is -2.53. The minimum atomic E-state index is -4.24. The largest absolute Gasteiger partial charge is 0.490 e. The monoisotopic (exact) mass is 632 g/mol. The molecule has 0 bridgehead atoms. The zero-order valence-corrected chi connectivity index (χ0v) is 24.9. The van der Waals surface area contributed by atoms with Crippen molar-refractivity contribution in [1.82, 2.24) is 10.2 Å². The first kappa shape index (κ1) is 30.9. The molecule has 4 rings (SSSR count). The van der Waals surface area contributed by atoms with Crippen molar-refractivity contribution in [3.63, 3.8) is 0 Å². The maximum Gasteiger partial charge on any atom is 0.339 e. The molecule has 10 nitrogen and oxygen atoms in total. The van der Waals surface area contributed by atoms with Gasteiger partial charge >= 0.3 is 16.1 Å². The van der Waals surface area contributed by atoms with E-state index in [1.165, 1.54) is 42.5 Å². The lowest BCUT2D eigenvalue weighted by molar-refractivity contribution is -0.130. The minimum absolute atomic E-state index is 0.103. The Hall–Kier alpha value is -4.06. The molecule has 42 heavy (non-hydrogen) atoms. The summed E-state index contributed by atoms with van der Waals surface area (Å²) in [5, 5.41) is 1.79. The van der Waals surface area contributed by atoms with Gasteiger partial charge in [-0.15, -0.1) is 0 Å². The van der Waals surface area contributed by atoms with Gasteiger partial charge in [0.2, 0.25) is 0 Å². The van der Waals surface area contributed by atoms with Crippen LogP contribution in [0.25, 0.3) is 6.08 Å². The van der Waals surface area contributed by atoms with E-state index in [0.29, 0.717) is 30.3 Å². The Balaban J connectivity index is 1.59. The molecule has 0 spiro atoms. The molecule has 3 aromatic rings. The molecule has 1 aliphatic rings. The highest BCUT2D eigenvalue weighted by molar-refractivity contribution is 7.87. The average molecular weight is 634 g/mol. The third-order valence-corrected chi connectivity index (χ3v) is 7.65. The first-order valence-corrected chi connectivity index (χ1v) is 15.0. The smallest absolute Gasteiger partial charge is 0.339 e. The Morgan fingerprint density at radius 2 is 1.60 bits per heavy atom. The van der Waals surface area contributed by atoms with Crippen molar-refractivity contribution in [1.29, 1.82) is 0 Å². The van der Waals surface area contributed by atoms with Crippen molar-refractivity contribution >= 4 is 57.2 Å². The summed E-state index contributed by atoms with van der Waals surface area (Å²) >= 11 is 12.6. The number of imide groups is 2. The number of halogens is 2. The quantitative estimate of drug-likeness (QED) is 0.164. The second-order valence-electron chi connectivity index (χ2n) is 8.94. The molecule has 0 aliphatic carbocycles. The predicted octanol–water partition coefficient (Wildman–Crippen LogP) is 5.61. The molecule has 0 saturated carbocycles. The van der Waals surface area contributed by atoms with Gasteiger partial charge in [0.15, 0.2) is 17.2 Å². The van der Waals surface area contributed by atoms with Gasteiger partial charge in [0.05, 0.1) is 29.8 Å². The highest BCUT2D eigenvalue weighted by Gasteiger charge is 2.36. The second kappa shape index (κ2) is 13.3. The van der Waals surface area contributed by atoms with Crippen LogP contribution in [0.15, 0.2) is 71.1 Å². The number of hydrogen-bond donors (Lipinski definition) is 1. The number of carbonyl (C=O) groups is 3. The van der Waals surface area contributed by atoms with Crippen molar-refractivity contribution < 1.29 is 36.5 Å². The molecule has 1 saturated heterocycles. The molecule has 220 valence electrons. The summed E-state index contributed by atoms with van der Waals surface area (Å²) in [4.78, 5) is 39.3. The number of hydrogen-bond acceptors (Lipinski definition) is 8. The van der Waals surface area contributed by atoms with E-state index in [9.17, 15) is 22.8 Å². The van der Waals surface area contributed by atoms with Crippen LogP contribution in [0.5, 0.6) is 17.2 Å². The van der Waals surface area contributed by atoms with Gasteiger partial charge in [0, 0.05) is 0 Å². The zero-order chi connectivity index (χ0) is 30.4. The fourth-order valence-electron chi connectivity index (χ4n) is 3.92. The first-order valence-electron chi connectivity index (χ1n) is 12.8. The summed E-state index contributed by atoms with van der Waals surface area (Å²) in [5.41, 5.74) is 0.394. The Bertz CT molecular complexity index is 1640. The highest BCUT2D eigenvalue weighted by Crippen LogP contribution is 2.37. The molecular formula is C29H26Cl2N2O8S. The zero-order valence-electron chi connectivity index (χ0n) is 22.6. The maximum atomic E-state index is 13.3. The van der Waals surface area contributed by atoms with Gasteiger partial charge in [-0.3, -0.25) is 19.8 Å². The summed E-state index contributed by atoms with van der Waals surface area (Å²) in [6.07, 6.45) is 2.00. The molecule has 3 aromatic carbocycles. The highest BCUT2D eigenvalue weighted by atomic mass is 35.5. The first-order chi connectivity index (χ1) is 20.0. The lowest BCUT2D eigenvalue weighted by Gasteiger charge is -2.26. The van der Waals surface area contributed by atoms with Crippen LogP contribution in [0.3, 0.4) is 0 Å². The fourth-order valence-corrected chi connectivity index (χ4v) is 5.58. The van der Waals surface area contributed by atoms with E-state index >= 15 is 0 Å². The molecule has 1 N–H and O–H groups in total. The third kappa shape index (κ3) is 7.04. The van der Waals surface area contributed by atoms with E-state index in [4.69, 9.17) is 36.9 Å². The number of barbiturate groups is 1. The molecule has 1 fully saturated rings. The molecule has 4 amide bonds. The van der Waals surface area contributed by atoms with E-state index < -0.39 is 28.0 Å². The number of carbonyl (C=O) groups excluding carboxylic acids is 3. The molecule has 1 heterocycles. The fraction of sp³-hybridized carbons (Fsp3) is 0.207. The Kier molecular flexibility index (Phi) is 9.77. The van der Waals surface area contributed by atoms with Gasteiger partial charge in [-0.2, -0.15) is 8.42 Å². The number of amides is 4. The number of urea groups is 1. The van der Waals surface area contributed by atoms with Crippen LogP contribution in [0, 0.1) is 0 Å². The molecule has 0 aromatic heterocycles. The Morgan fingerprint density at radius 1 is 0.905 bits per heavy atom. The summed E-state index contributed by atoms with van der Waals surface area (Å²) in [6, 6.07) is 14.1. The van der Waals surface area contributed by atoms with Gasteiger partial charge < -0.3 is 13.7 Å². The van der Waals surface area contributed by atoms with Crippen LogP contribution in [-0.4, -0.2) is 44.4 Å². The van der Waals surface area contributed by atoms with Crippen LogP contribution in [-0.2, 0) is 26.3 Å². The van der Waals surface area contributed by atoms with Crippen LogP contribution in [0.1, 0.15) is 31.4 Å². The van der Waals surface area contributed by atoms with Crippen LogP contribution in [0.4, 0.5) is 4.79 Å². The van der Waals surface area contributed by atoms with Crippen LogP contribution in [0.2, 0.25) is 10.0 Å². The second-order valence-corrected chi connectivity index (χ2v) is 11.3. The SMILES string of the molecule is CCCOc1ccc(CN2C(=O)NC(=O)/C(=C\c3cc(Cl)c(OS(=O)(=O)c4ccccc4)c(Cl)c3)C2=O)cc1OCC. The third-order valence-electron chi connectivity index (χ3n) is 5.85. The standard InChI is InChI=1S/C29H26Cl2N2O8S/c1-3-12-40-24-11-10-18(16-25(24)39-4-2)17-33-28(35)21(27(34)32-29(33)36)13-19-14-22(30)26(23(31)15-19)41-42(37,38)20-8-6-5-7-9-20/h5-11,13-16H,3-4,12,17H2,1-2H3,(H,32,34,36)/b21-13+. The molecule has 0 radical (unpaired) electrons. The van der Waals surface area contributed by atoms with Crippen molar-refractivity contribution in [2.75, 3.05) is 13.2 Å². The number of nitrogens with zero attached hydrogens (tertiary/aromatic N) is 1. The summed E-state index contributed by atoms with van der Waals surface area (Å²) < 4.78 is 41.8. The van der Waals surface area contributed by atoms with Crippen molar-refractivity contribution in [2.45, 2.75) is 31.7 Å². The van der Waals surface area contributed by atoms with E-state index in [0.717, 1.165) is 11.3 Å².